The van der Waals surface area contributed by atoms with E-state index in [0.717, 1.165) is 6.54 Å². The molecule has 0 aliphatic heterocycles. The summed E-state index contributed by atoms with van der Waals surface area (Å²) < 4.78 is 0. The minimum atomic E-state index is 0.574. The van der Waals surface area contributed by atoms with Crippen molar-refractivity contribution in [2.24, 2.45) is 5.92 Å². The van der Waals surface area contributed by atoms with Gasteiger partial charge in [-0.1, -0.05) is 13.8 Å². The molecule has 0 spiro atoms. The van der Waals surface area contributed by atoms with E-state index < -0.39 is 0 Å². The Morgan fingerprint density at radius 2 is 2.07 bits per heavy atom. The number of rotatable bonds is 5. The Labute approximate surface area is 89.7 Å². The zero-order chi connectivity index (χ0) is 10.7. The third-order valence-corrected chi connectivity index (χ3v) is 2.15. The van der Waals surface area contributed by atoms with Gasteiger partial charge in [-0.15, -0.1) is 0 Å². The predicted molar refractivity (Wildman–Crippen MR) is 59.8 cm³/mol. The fourth-order valence-corrected chi connectivity index (χ4v) is 1.16. The number of hydrogen-bond acceptors (Lipinski definition) is 5. The van der Waals surface area contributed by atoms with Gasteiger partial charge in [0, 0.05) is 12.6 Å². The van der Waals surface area contributed by atoms with Crippen LogP contribution in [0.2, 0.25) is 0 Å². The highest BCUT2D eigenvalue weighted by atomic mass is 15.2. The van der Waals surface area contributed by atoms with Gasteiger partial charge in [-0.05, 0) is 18.8 Å². The van der Waals surface area contributed by atoms with Gasteiger partial charge in [0.25, 0.3) is 0 Å². The number of nitrogens with zero attached hydrogens (tertiary/aromatic N) is 3. The highest BCUT2D eigenvalue weighted by Crippen LogP contribution is 2.22. The number of nitrogens with one attached hydrogen (secondary N) is 2. The maximum absolute atomic E-state index is 4.28. The molecule has 0 unspecified atom stereocenters. The smallest absolute Gasteiger partial charge is 0.227 e. The first kappa shape index (κ1) is 10.1. The number of anilines is 2. The van der Waals surface area contributed by atoms with Crippen LogP contribution in [0.4, 0.5) is 11.9 Å². The first-order chi connectivity index (χ1) is 7.24. The molecule has 1 aliphatic rings. The van der Waals surface area contributed by atoms with Crippen molar-refractivity contribution < 1.29 is 0 Å². The lowest BCUT2D eigenvalue weighted by Gasteiger charge is -2.08. The van der Waals surface area contributed by atoms with E-state index in [1.54, 1.807) is 6.33 Å². The van der Waals surface area contributed by atoms with Crippen LogP contribution in [0.15, 0.2) is 6.33 Å². The van der Waals surface area contributed by atoms with Crippen molar-refractivity contribution in [2.45, 2.75) is 32.7 Å². The maximum atomic E-state index is 4.28. The highest BCUT2D eigenvalue weighted by Gasteiger charge is 2.21. The molecule has 1 aromatic rings. The van der Waals surface area contributed by atoms with E-state index in [4.69, 9.17) is 0 Å². The molecule has 0 bridgehead atoms. The predicted octanol–water partition coefficient (Wildman–Crippen LogP) is 1.51. The number of hydrogen-bond donors (Lipinski definition) is 2. The van der Waals surface area contributed by atoms with Gasteiger partial charge in [0.1, 0.15) is 6.33 Å². The van der Waals surface area contributed by atoms with Crippen molar-refractivity contribution in [1.82, 2.24) is 15.0 Å². The molecule has 82 valence electrons. The van der Waals surface area contributed by atoms with Crippen LogP contribution in [-0.4, -0.2) is 27.5 Å². The molecular weight excluding hydrogens is 190 g/mol. The summed E-state index contributed by atoms with van der Waals surface area (Å²) in [7, 11) is 0. The van der Waals surface area contributed by atoms with Crippen LogP contribution in [0.3, 0.4) is 0 Å². The Morgan fingerprint density at radius 3 is 2.73 bits per heavy atom. The third kappa shape index (κ3) is 3.34. The van der Waals surface area contributed by atoms with Crippen molar-refractivity contribution in [1.29, 1.82) is 0 Å². The van der Waals surface area contributed by atoms with Gasteiger partial charge in [-0.2, -0.15) is 4.98 Å². The van der Waals surface area contributed by atoms with Crippen LogP contribution < -0.4 is 10.6 Å². The van der Waals surface area contributed by atoms with Crippen molar-refractivity contribution in [3.63, 3.8) is 0 Å². The molecule has 0 radical (unpaired) electrons. The van der Waals surface area contributed by atoms with Crippen LogP contribution in [-0.2, 0) is 0 Å². The van der Waals surface area contributed by atoms with Crippen molar-refractivity contribution in [3.05, 3.63) is 6.33 Å². The summed E-state index contributed by atoms with van der Waals surface area (Å²) in [5.74, 6) is 1.92. The lowest BCUT2D eigenvalue weighted by atomic mass is 10.2. The van der Waals surface area contributed by atoms with Crippen LogP contribution in [0.1, 0.15) is 26.7 Å². The average molecular weight is 207 g/mol. The number of aromatic nitrogens is 3. The van der Waals surface area contributed by atoms with Crippen molar-refractivity contribution >= 4 is 11.9 Å². The molecule has 2 N–H and O–H groups in total. The Hall–Kier alpha value is -1.39. The lowest BCUT2D eigenvalue weighted by molar-refractivity contribution is 0.684. The SMILES string of the molecule is CC(C)CNc1ncnc(NC2CC2)n1. The maximum Gasteiger partial charge on any atom is 0.227 e. The third-order valence-electron chi connectivity index (χ3n) is 2.15. The first-order valence-corrected chi connectivity index (χ1v) is 5.43. The summed E-state index contributed by atoms with van der Waals surface area (Å²) in [6, 6.07) is 0.574. The molecule has 1 heterocycles. The van der Waals surface area contributed by atoms with Gasteiger partial charge in [0.2, 0.25) is 11.9 Å². The van der Waals surface area contributed by atoms with Crippen LogP contribution in [0.25, 0.3) is 0 Å². The zero-order valence-corrected chi connectivity index (χ0v) is 9.20. The van der Waals surface area contributed by atoms with E-state index in [-0.39, 0.29) is 0 Å². The Morgan fingerprint density at radius 1 is 1.33 bits per heavy atom. The molecular formula is C10H17N5. The van der Waals surface area contributed by atoms with Gasteiger partial charge in [-0.3, -0.25) is 0 Å². The summed E-state index contributed by atoms with van der Waals surface area (Å²) >= 11 is 0. The molecule has 1 saturated carbocycles. The second kappa shape index (κ2) is 4.42. The molecule has 5 heteroatoms. The molecule has 0 atom stereocenters. The van der Waals surface area contributed by atoms with E-state index in [9.17, 15) is 0 Å². The Balaban J connectivity index is 1.92. The summed E-state index contributed by atoms with van der Waals surface area (Å²) in [6.07, 6.45) is 3.99. The molecule has 0 aromatic carbocycles. The topological polar surface area (TPSA) is 62.7 Å². The molecule has 15 heavy (non-hydrogen) atoms. The second-order valence-electron chi connectivity index (χ2n) is 4.33. The van der Waals surface area contributed by atoms with Gasteiger partial charge < -0.3 is 10.6 Å². The quantitative estimate of drug-likeness (QED) is 0.766. The first-order valence-electron chi connectivity index (χ1n) is 5.43. The van der Waals surface area contributed by atoms with E-state index in [1.165, 1.54) is 12.8 Å². The van der Waals surface area contributed by atoms with Gasteiger partial charge in [-0.25, -0.2) is 9.97 Å². The summed E-state index contributed by atoms with van der Waals surface area (Å²) in [4.78, 5) is 12.4. The fourth-order valence-electron chi connectivity index (χ4n) is 1.16. The van der Waals surface area contributed by atoms with Crippen LogP contribution in [0, 0.1) is 5.92 Å². The largest absolute Gasteiger partial charge is 0.354 e. The molecule has 1 aliphatic carbocycles. The fraction of sp³-hybridized carbons (Fsp3) is 0.700. The minimum absolute atomic E-state index is 0.574. The normalized spacial score (nSPS) is 15.4. The van der Waals surface area contributed by atoms with Crippen molar-refractivity contribution in [2.75, 3.05) is 17.2 Å². The van der Waals surface area contributed by atoms with Gasteiger partial charge in [0.15, 0.2) is 0 Å². The average Bonchev–Trinajstić information content (AvgIpc) is 2.99. The van der Waals surface area contributed by atoms with E-state index in [2.05, 4.69) is 39.4 Å². The lowest BCUT2D eigenvalue weighted by Crippen LogP contribution is -2.13. The van der Waals surface area contributed by atoms with Crippen LogP contribution in [0.5, 0.6) is 0 Å². The van der Waals surface area contributed by atoms with E-state index >= 15 is 0 Å². The molecule has 5 nitrogen and oxygen atoms in total. The zero-order valence-electron chi connectivity index (χ0n) is 9.20. The second-order valence-corrected chi connectivity index (χ2v) is 4.33. The molecule has 0 saturated heterocycles. The van der Waals surface area contributed by atoms with E-state index in [0.29, 0.717) is 23.9 Å². The molecule has 2 rings (SSSR count). The Kier molecular flexibility index (Phi) is 2.99. The Bertz CT molecular complexity index is 321. The minimum Gasteiger partial charge on any atom is -0.354 e. The molecule has 1 fully saturated rings. The van der Waals surface area contributed by atoms with Gasteiger partial charge in [0.05, 0.1) is 0 Å². The highest BCUT2D eigenvalue weighted by molar-refractivity contribution is 5.34. The monoisotopic (exact) mass is 207 g/mol. The van der Waals surface area contributed by atoms with Crippen molar-refractivity contribution in [3.8, 4) is 0 Å². The molecule has 1 aromatic heterocycles. The summed E-state index contributed by atoms with van der Waals surface area (Å²) in [6.45, 7) is 5.18. The molecule has 0 amide bonds. The van der Waals surface area contributed by atoms with E-state index in [1.807, 2.05) is 0 Å². The van der Waals surface area contributed by atoms with Crippen LogP contribution >= 0.6 is 0 Å². The summed E-state index contributed by atoms with van der Waals surface area (Å²) in [5.41, 5.74) is 0. The summed E-state index contributed by atoms with van der Waals surface area (Å²) in [5, 5.41) is 6.42. The van der Waals surface area contributed by atoms with Gasteiger partial charge >= 0.3 is 0 Å². The standard InChI is InChI=1S/C10H17N5/c1-7(2)5-11-9-12-6-13-10(15-9)14-8-3-4-8/h6-8H,3-5H2,1-2H3,(H2,11,12,13,14,15).